The van der Waals surface area contributed by atoms with E-state index in [4.69, 9.17) is 11.6 Å². The van der Waals surface area contributed by atoms with E-state index in [1.165, 1.54) is 16.2 Å². The number of carbonyl (C=O) groups excluding carboxylic acids is 2. The average molecular weight is 282 g/mol. The normalized spacial score (nSPS) is 15.7. The van der Waals surface area contributed by atoms with Crippen molar-refractivity contribution in [2.24, 2.45) is 0 Å². The number of rotatable bonds is 1. The number of para-hydroxylation sites is 1. The van der Waals surface area contributed by atoms with Gasteiger partial charge in [0, 0.05) is 13.1 Å². The molecule has 1 fully saturated rings. The predicted octanol–water partition coefficient (Wildman–Crippen LogP) is 2.90. The van der Waals surface area contributed by atoms with Crippen LogP contribution in [0.5, 0.6) is 0 Å². The van der Waals surface area contributed by atoms with Crippen LogP contribution in [0, 0.1) is 0 Å². The summed E-state index contributed by atoms with van der Waals surface area (Å²) in [6.07, 6.45) is 0. The molecule has 3 rings (SSSR count). The highest BCUT2D eigenvalue weighted by atomic mass is 35.5. The van der Waals surface area contributed by atoms with Gasteiger partial charge in [0.05, 0.1) is 10.2 Å². The summed E-state index contributed by atoms with van der Waals surface area (Å²) in [5.41, 5.74) is 0.848. The maximum atomic E-state index is 11.9. The number of carbonyl (C=O) groups is 2. The summed E-state index contributed by atoms with van der Waals surface area (Å²) >= 11 is 6.76. The quantitative estimate of drug-likeness (QED) is 0.596. The Morgan fingerprint density at radius 1 is 1.33 bits per heavy atom. The van der Waals surface area contributed by atoms with Crippen molar-refractivity contribution in [3.8, 4) is 0 Å². The van der Waals surface area contributed by atoms with E-state index in [9.17, 15) is 9.59 Å². The van der Waals surface area contributed by atoms with E-state index in [1.54, 1.807) is 0 Å². The summed E-state index contributed by atoms with van der Waals surface area (Å²) in [6.45, 7) is 0.730. The number of hydrogen-bond acceptors (Lipinski definition) is 4. The van der Waals surface area contributed by atoms with Gasteiger partial charge in [-0.25, -0.2) is 14.7 Å². The summed E-state index contributed by atoms with van der Waals surface area (Å²) in [6, 6.07) is 7.24. The molecule has 5 nitrogen and oxygen atoms in total. The van der Waals surface area contributed by atoms with Crippen molar-refractivity contribution >= 4 is 49.7 Å². The zero-order chi connectivity index (χ0) is 12.7. The van der Waals surface area contributed by atoms with Gasteiger partial charge in [-0.05, 0) is 23.7 Å². The predicted molar refractivity (Wildman–Crippen MR) is 70.3 cm³/mol. The molecule has 7 heteroatoms. The second kappa shape index (κ2) is 4.22. The molecule has 0 N–H and O–H groups in total. The third-order valence-electron chi connectivity index (χ3n) is 2.73. The van der Waals surface area contributed by atoms with E-state index in [-0.39, 0.29) is 0 Å². The number of nitrogens with zero attached hydrogens (tertiary/aromatic N) is 3. The Labute approximate surface area is 112 Å². The Morgan fingerprint density at radius 3 is 2.78 bits per heavy atom. The van der Waals surface area contributed by atoms with Crippen molar-refractivity contribution in [1.29, 1.82) is 0 Å². The highest BCUT2D eigenvalue weighted by Gasteiger charge is 2.34. The molecule has 0 aliphatic carbocycles. The van der Waals surface area contributed by atoms with Gasteiger partial charge in [-0.2, -0.15) is 0 Å². The molecule has 92 valence electrons. The lowest BCUT2D eigenvalue weighted by molar-refractivity contribution is 0.215. The number of amides is 3. The Balaban J connectivity index is 1.96. The molecule has 0 unspecified atom stereocenters. The van der Waals surface area contributed by atoms with Crippen LogP contribution in [-0.2, 0) is 0 Å². The van der Waals surface area contributed by atoms with E-state index in [0.717, 1.165) is 15.1 Å². The number of benzene rings is 1. The van der Waals surface area contributed by atoms with Crippen LogP contribution in [0.3, 0.4) is 0 Å². The Morgan fingerprint density at radius 2 is 2.11 bits per heavy atom. The van der Waals surface area contributed by atoms with Gasteiger partial charge in [0.25, 0.3) is 0 Å². The molecule has 2 aromatic rings. The smallest absolute Gasteiger partial charge is 0.267 e. The Hall–Kier alpha value is -1.66. The number of urea groups is 1. The zero-order valence-corrected chi connectivity index (χ0v) is 10.7. The number of fused-ring (bicyclic) bond motifs is 1. The molecule has 0 saturated carbocycles. The lowest BCUT2D eigenvalue weighted by Crippen LogP contribution is -2.33. The van der Waals surface area contributed by atoms with Crippen molar-refractivity contribution in [2.45, 2.75) is 0 Å². The second-order valence-corrected chi connectivity index (χ2v) is 5.14. The topological polar surface area (TPSA) is 53.5 Å². The standard InChI is InChI=1S/C11H8ClN3O2S/c12-9(16)14-5-6-15(11(14)17)10-13-7-3-1-2-4-8(7)18-10/h1-4H,5-6H2. The zero-order valence-electron chi connectivity index (χ0n) is 9.17. The number of hydrogen-bond donors (Lipinski definition) is 0. The number of thiazole rings is 1. The van der Waals surface area contributed by atoms with Crippen LogP contribution in [0.15, 0.2) is 24.3 Å². The number of halogens is 1. The fourth-order valence-electron chi connectivity index (χ4n) is 1.85. The second-order valence-electron chi connectivity index (χ2n) is 3.80. The molecular formula is C11H8ClN3O2S. The van der Waals surface area contributed by atoms with Crippen molar-refractivity contribution in [1.82, 2.24) is 9.88 Å². The minimum atomic E-state index is -0.747. The third-order valence-corrected chi connectivity index (χ3v) is 4.00. The molecule has 0 atom stereocenters. The molecule has 1 aliphatic heterocycles. The van der Waals surface area contributed by atoms with Crippen LogP contribution in [-0.4, -0.2) is 34.4 Å². The fraction of sp³-hybridized carbons (Fsp3) is 0.182. The van der Waals surface area contributed by atoms with Crippen molar-refractivity contribution in [3.05, 3.63) is 24.3 Å². The molecule has 1 aromatic heterocycles. The van der Waals surface area contributed by atoms with Crippen LogP contribution in [0.2, 0.25) is 0 Å². The summed E-state index contributed by atoms with van der Waals surface area (Å²) in [7, 11) is 0. The van der Waals surface area contributed by atoms with Gasteiger partial charge < -0.3 is 0 Å². The van der Waals surface area contributed by atoms with Gasteiger partial charge in [-0.1, -0.05) is 23.5 Å². The van der Waals surface area contributed by atoms with Crippen LogP contribution in [0.25, 0.3) is 10.2 Å². The van der Waals surface area contributed by atoms with E-state index in [0.29, 0.717) is 18.2 Å². The van der Waals surface area contributed by atoms with Crippen LogP contribution in [0.4, 0.5) is 14.7 Å². The summed E-state index contributed by atoms with van der Waals surface area (Å²) < 4.78 is 1.01. The minimum Gasteiger partial charge on any atom is -0.267 e. The molecule has 1 saturated heterocycles. The monoisotopic (exact) mass is 281 g/mol. The van der Waals surface area contributed by atoms with Gasteiger partial charge >= 0.3 is 11.4 Å². The first-order valence-corrected chi connectivity index (χ1v) is 6.50. The van der Waals surface area contributed by atoms with Crippen molar-refractivity contribution in [2.75, 3.05) is 18.0 Å². The van der Waals surface area contributed by atoms with Gasteiger partial charge in [0.15, 0.2) is 5.13 Å². The van der Waals surface area contributed by atoms with Gasteiger partial charge in [-0.3, -0.25) is 9.69 Å². The Kier molecular flexibility index (Phi) is 2.68. The summed E-state index contributed by atoms with van der Waals surface area (Å²) in [4.78, 5) is 29.8. The molecule has 2 heterocycles. The van der Waals surface area contributed by atoms with Gasteiger partial charge in [-0.15, -0.1) is 0 Å². The van der Waals surface area contributed by atoms with Gasteiger partial charge in [0.2, 0.25) is 0 Å². The van der Waals surface area contributed by atoms with Gasteiger partial charge in [0.1, 0.15) is 0 Å². The SMILES string of the molecule is O=C(Cl)N1CCN(c2nc3ccccc3s2)C1=O. The lowest BCUT2D eigenvalue weighted by Gasteiger charge is -2.12. The molecule has 3 amide bonds. The summed E-state index contributed by atoms with van der Waals surface area (Å²) in [5.74, 6) is 0. The molecule has 1 aliphatic rings. The molecular weight excluding hydrogens is 274 g/mol. The number of aromatic nitrogens is 1. The van der Waals surface area contributed by atoms with Crippen molar-refractivity contribution < 1.29 is 9.59 Å². The highest BCUT2D eigenvalue weighted by Crippen LogP contribution is 2.30. The molecule has 0 spiro atoms. The molecule has 0 bridgehead atoms. The average Bonchev–Trinajstić information content (AvgIpc) is 2.91. The first-order chi connectivity index (χ1) is 8.66. The van der Waals surface area contributed by atoms with Crippen LogP contribution < -0.4 is 4.90 Å². The van der Waals surface area contributed by atoms with E-state index in [2.05, 4.69) is 4.98 Å². The first-order valence-electron chi connectivity index (χ1n) is 5.31. The Bertz CT molecular complexity index is 609. The maximum absolute atomic E-state index is 11.9. The summed E-state index contributed by atoms with van der Waals surface area (Å²) in [5, 5.41) is -0.148. The van der Waals surface area contributed by atoms with E-state index < -0.39 is 11.4 Å². The minimum absolute atomic E-state index is 0.303. The van der Waals surface area contributed by atoms with Crippen LogP contribution >= 0.6 is 22.9 Å². The third kappa shape index (κ3) is 1.74. The number of imide groups is 1. The molecule has 1 aromatic carbocycles. The highest BCUT2D eigenvalue weighted by molar-refractivity contribution is 7.22. The van der Waals surface area contributed by atoms with Crippen LogP contribution in [0.1, 0.15) is 0 Å². The maximum Gasteiger partial charge on any atom is 0.334 e. The largest absolute Gasteiger partial charge is 0.334 e. The van der Waals surface area contributed by atoms with E-state index >= 15 is 0 Å². The molecule has 0 radical (unpaired) electrons. The first kappa shape index (κ1) is 11.4. The molecule has 18 heavy (non-hydrogen) atoms. The number of anilines is 1. The fourth-order valence-corrected chi connectivity index (χ4v) is 2.99. The van der Waals surface area contributed by atoms with E-state index in [1.807, 2.05) is 24.3 Å². The van der Waals surface area contributed by atoms with Crippen molar-refractivity contribution in [3.63, 3.8) is 0 Å². The lowest BCUT2D eigenvalue weighted by atomic mass is 10.3.